The number of nitrogens with one attached hydrogen (secondary N) is 1. The van der Waals surface area contributed by atoms with Crippen LogP contribution in [0.1, 0.15) is 16.7 Å². The first-order valence-corrected chi connectivity index (χ1v) is 6.19. The number of carbonyl (C=O) groups excluding carboxylic acids is 1. The zero-order valence-electron chi connectivity index (χ0n) is 11.1. The summed E-state index contributed by atoms with van der Waals surface area (Å²) in [7, 11) is 0. The van der Waals surface area contributed by atoms with Crippen molar-refractivity contribution in [1.82, 2.24) is 0 Å². The van der Waals surface area contributed by atoms with Crippen LogP contribution in [0.4, 0.5) is 5.69 Å². The second-order valence-electron chi connectivity index (χ2n) is 4.77. The molecule has 1 amide bonds. The third-order valence-electron chi connectivity index (χ3n) is 2.78. The predicted molar refractivity (Wildman–Crippen MR) is 76.4 cm³/mol. The highest BCUT2D eigenvalue weighted by atomic mass is 16.3. The molecule has 2 N–H and O–H groups in total. The highest BCUT2D eigenvalue weighted by Crippen LogP contribution is 2.15. The highest BCUT2D eigenvalue weighted by molar-refractivity contribution is 5.92. The van der Waals surface area contributed by atoms with E-state index in [0.717, 1.165) is 22.4 Å². The molecule has 0 unspecified atom stereocenters. The summed E-state index contributed by atoms with van der Waals surface area (Å²) < 4.78 is 0. The van der Waals surface area contributed by atoms with Gasteiger partial charge in [-0.05, 0) is 54.8 Å². The average Bonchev–Trinajstić information content (AvgIpc) is 2.26. The third kappa shape index (κ3) is 3.85. The maximum absolute atomic E-state index is 11.9. The fourth-order valence-corrected chi connectivity index (χ4v) is 2.10. The van der Waals surface area contributed by atoms with Gasteiger partial charge in [-0.3, -0.25) is 4.79 Å². The minimum absolute atomic E-state index is 0.0874. The van der Waals surface area contributed by atoms with Crippen LogP contribution in [0.3, 0.4) is 0 Å². The number of benzene rings is 2. The number of hydrogen-bond donors (Lipinski definition) is 2. The van der Waals surface area contributed by atoms with Crippen molar-refractivity contribution >= 4 is 11.6 Å². The molecule has 0 aliphatic carbocycles. The van der Waals surface area contributed by atoms with Crippen molar-refractivity contribution < 1.29 is 9.90 Å². The highest BCUT2D eigenvalue weighted by Gasteiger charge is 2.05. The number of hydrogen-bond acceptors (Lipinski definition) is 2. The van der Waals surface area contributed by atoms with Crippen LogP contribution >= 0.6 is 0 Å². The molecule has 0 bridgehead atoms. The molecule has 3 nitrogen and oxygen atoms in total. The summed E-state index contributed by atoms with van der Waals surface area (Å²) in [4.78, 5) is 11.9. The van der Waals surface area contributed by atoms with Gasteiger partial charge in [0.2, 0.25) is 5.91 Å². The summed E-state index contributed by atoms with van der Waals surface area (Å²) in [6.45, 7) is 4.00. The summed E-state index contributed by atoms with van der Waals surface area (Å²) in [5.74, 6) is 0.0901. The number of aryl methyl sites for hydroxylation is 2. The van der Waals surface area contributed by atoms with E-state index in [-0.39, 0.29) is 18.1 Å². The van der Waals surface area contributed by atoms with E-state index in [1.807, 2.05) is 32.0 Å². The van der Waals surface area contributed by atoms with Gasteiger partial charge in [0.1, 0.15) is 5.75 Å². The van der Waals surface area contributed by atoms with Gasteiger partial charge in [-0.15, -0.1) is 0 Å². The Morgan fingerprint density at radius 2 is 1.79 bits per heavy atom. The molecule has 0 aromatic heterocycles. The van der Waals surface area contributed by atoms with Gasteiger partial charge in [0, 0.05) is 5.69 Å². The summed E-state index contributed by atoms with van der Waals surface area (Å²) in [6.07, 6.45) is 0.251. The maximum Gasteiger partial charge on any atom is 0.228 e. The summed E-state index contributed by atoms with van der Waals surface area (Å²) in [5.41, 5.74) is 3.84. The van der Waals surface area contributed by atoms with Gasteiger partial charge in [-0.2, -0.15) is 0 Å². The lowest BCUT2D eigenvalue weighted by Crippen LogP contribution is -2.14. The first kappa shape index (κ1) is 13.1. The monoisotopic (exact) mass is 255 g/mol. The van der Waals surface area contributed by atoms with E-state index in [0.29, 0.717) is 0 Å². The molecule has 0 fully saturated rings. The third-order valence-corrected chi connectivity index (χ3v) is 2.78. The van der Waals surface area contributed by atoms with Crippen molar-refractivity contribution in [3.63, 3.8) is 0 Å². The van der Waals surface area contributed by atoms with Crippen LogP contribution in [-0.4, -0.2) is 11.0 Å². The van der Waals surface area contributed by atoms with Crippen molar-refractivity contribution in [2.75, 3.05) is 5.32 Å². The number of anilines is 1. The molecule has 98 valence electrons. The van der Waals surface area contributed by atoms with Crippen LogP contribution in [0, 0.1) is 13.8 Å². The molecule has 0 saturated heterocycles. The van der Waals surface area contributed by atoms with E-state index in [9.17, 15) is 9.90 Å². The molecule has 0 heterocycles. The lowest BCUT2D eigenvalue weighted by molar-refractivity contribution is -0.115. The van der Waals surface area contributed by atoms with Crippen molar-refractivity contribution in [3.05, 3.63) is 59.2 Å². The van der Waals surface area contributed by atoms with Crippen molar-refractivity contribution in [1.29, 1.82) is 0 Å². The molecule has 0 atom stereocenters. The molecule has 3 heteroatoms. The Labute approximate surface area is 112 Å². The number of rotatable bonds is 3. The standard InChI is InChI=1S/C16H17NO2/c1-11-6-12(2)8-14(7-11)17-16(19)10-13-4-3-5-15(18)9-13/h3-9,18H,10H2,1-2H3,(H,17,19). The molecule has 0 saturated carbocycles. The lowest BCUT2D eigenvalue weighted by atomic mass is 10.1. The number of phenolic OH excluding ortho intramolecular Hbond substituents is 1. The second-order valence-corrected chi connectivity index (χ2v) is 4.77. The number of phenols is 1. The van der Waals surface area contributed by atoms with E-state index in [1.165, 1.54) is 0 Å². The molecule has 2 rings (SSSR count). The van der Waals surface area contributed by atoms with E-state index in [1.54, 1.807) is 18.2 Å². The van der Waals surface area contributed by atoms with E-state index < -0.39 is 0 Å². The summed E-state index contributed by atoms with van der Waals surface area (Å²) in [5, 5.41) is 12.2. The van der Waals surface area contributed by atoms with Crippen LogP contribution in [0.25, 0.3) is 0 Å². The van der Waals surface area contributed by atoms with Crippen LogP contribution < -0.4 is 5.32 Å². The molecule has 0 aliphatic heterocycles. The molecule has 0 radical (unpaired) electrons. The molecule has 19 heavy (non-hydrogen) atoms. The number of amides is 1. The Balaban J connectivity index is 2.05. The fourth-order valence-electron chi connectivity index (χ4n) is 2.10. The summed E-state index contributed by atoms with van der Waals surface area (Å²) in [6, 6.07) is 12.7. The minimum atomic E-state index is -0.0874. The Kier molecular flexibility index (Phi) is 3.85. The lowest BCUT2D eigenvalue weighted by Gasteiger charge is -2.08. The van der Waals surface area contributed by atoms with Gasteiger partial charge in [-0.25, -0.2) is 0 Å². The second kappa shape index (κ2) is 5.57. The quantitative estimate of drug-likeness (QED) is 0.885. The Bertz CT molecular complexity index is 585. The maximum atomic E-state index is 11.9. The van der Waals surface area contributed by atoms with Crippen LogP contribution in [0.15, 0.2) is 42.5 Å². The molecule has 2 aromatic carbocycles. The minimum Gasteiger partial charge on any atom is -0.508 e. The van der Waals surface area contributed by atoms with Gasteiger partial charge < -0.3 is 10.4 Å². The molecule has 0 aliphatic rings. The Morgan fingerprint density at radius 3 is 2.42 bits per heavy atom. The van der Waals surface area contributed by atoms with Gasteiger partial charge in [0.15, 0.2) is 0 Å². The van der Waals surface area contributed by atoms with Crippen LogP contribution in [0.2, 0.25) is 0 Å². The first-order valence-electron chi connectivity index (χ1n) is 6.19. The fraction of sp³-hybridized carbons (Fsp3) is 0.188. The zero-order chi connectivity index (χ0) is 13.8. The zero-order valence-corrected chi connectivity index (χ0v) is 11.1. The smallest absolute Gasteiger partial charge is 0.228 e. The average molecular weight is 255 g/mol. The first-order chi connectivity index (χ1) is 9.02. The van der Waals surface area contributed by atoms with E-state index >= 15 is 0 Å². The molecular weight excluding hydrogens is 238 g/mol. The normalized spacial score (nSPS) is 10.2. The Hall–Kier alpha value is -2.29. The molecule has 2 aromatic rings. The SMILES string of the molecule is Cc1cc(C)cc(NC(=O)Cc2cccc(O)c2)c1. The van der Waals surface area contributed by atoms with E-state index in [4.69, 9.17) is 0 Å². The van der Waals surface area contributed by atoms with Gasteiger partial charge in [0.25, 0.3) is 0 Å². The number of carbonyl (C=O) groups is 1. The van der Waals surface area contributed by atoms with Crippen LogP contribution in [-0.2, 0) is 11.2 Å². The number of aromatic hydroxyl groups is 1. The van der Waals surface area contributed by atoms with Crippen molar-refractivity contribution in [2.24, 2.45) is 0 Å². The molecular formula is C16H17NO2. The van der Waals surface area contributed by atoms with Gasteiger partial charge in [-0.1, -0.05) is 18.2 Å². The summed E-state index contributed by atoms with van der Waals surface area (Å²) >= 11 is 0. The molecule has 0 spiro atoms. The van der Waals surface area contributed by atoms with Gasteiger partial charge >= 0.3 is 0 Å². The van der Waals surface area contributed by atoms with Crippen molar-refractivity contribution in [3.8, 4) is 5.75 Å². The van der Waals surface area contributed by atoms with Crippen LogP contribution in [0.5, 0.6) is 5.75 Å². The van der Waals surface area contributed by atoms with Crippen molar-refractivity contribution in [2.45, 2.75) is 20.3 Å². The van der Waals surface area contributed by atoms with Gasteiger partial charge in [0.05, 0.1) is 6.42 Å². The largest absolute Gasteiger partial charge is 0.508 e. The predicted octanol–water partition coefficient (Wildman–Crippen LogP) is 3.19. The Morgan fingerprint density at radius 1 is 1.11 bits per heavy atom. The topological polar surface area (TPSA) is 49.3 Å². The van der Waals surface area contributed by atoms with E-state index in [2.05, 4.69) is 11.4 Å².